The van der Waals surface area contributed by atoms with Crippen molar-refractivity contribution in [2.24, 2.45) is 28.7 Å². The molecule has 2 saturated heterocycles. The van der Waals surface area contributed by atoms with E-state index in [4.69, 9.17) is 19.5 Å². The van der Waals surface area contributed by atoms with Crippen LogP contribution in [0.15, 0.2) is 65.7 Å². The maximum atomic E-state index is 13.9. The van der Waals surface area contributed by atoms with Crippen LogP contribution in [0.1, 0.15) is 84.7 Å². The first-order valence-corrected chi connectivity index (χ1v) is 20.8. The van der Waals surface area contributed by atoms with Crippen LogP contribution >= 0.6 is 0 Å². The van der Waals surface area contributed by atoms with Gasteiger partial charge in [-0.2, -0.15) is 0 Å². The first-order chi connectivity index (χ1) is 28.2. The van der Waals surface area contributed by atoms with Crippen LogP contribution in [0.2, 0.25) is 0 Å². The first kappa shape index (κ1) is 41.4. The van der Waals surface area contributed by atoms with Crippen molar-refractivity contribution in [1.29, 1.82) is 0 Å². The number of alkyl carbamates (subject to hydrolysis) is 2. The summed E-state index contributed by atoms with van der Waals surface area (Å²) in [6, 6.07) is 19.3. The smallest absolute Gasteiger partial charge is 0.407 e. The minimum Gasteiger partial charge on any atom is -0.453 e. The Morgan fingerprint density at radius 2 is 1.19 bits per heavy atom. The number of amides is 4. The Labute approximate surface area is 346 Å². The molecular formula is C46H57N7O6. The fourth-order valence-corrected chi connectivity index (χ4v) is 9.04. The van der Waals surface area contributed by atoms with Gasteiger partial charge in [-0.15, -0.1) is 0 Å². The summed E-state index contributed by atoms with van der Waals surface area (Å²) in [5.74, 6) is 0.877. The number of methoxy groups -OCH3 is 2. The molecule has 4 aromatic rings. The summed E-state index contributed by atoms with van der Waals surface area (Å²) in [5, 5.41) is 5.48. The molecule has 4 heterocycles. The zero-order valence-electron chi connectivity index (χ0n) is 35.5. The highest BCUT2D eigenvalue weighted by Crippen LogP contribution is 2.42. The number of hydrogen-bond donors (Lipinski definition) is 3. The maximum absolute atomic E-state index is 13.9. The van der Waals surface area contributed by atoms with Gasteiger partial charge in [0.2, 0.25) is 11.8 Å². The third kappa shape index (κ3) is 8.29. The van der Waals surface area contributed by atoms with E-state index in [0.29, 0.717) is 19.0 Å². The Hall–Kier alpha value is -5.72. The SMILES string of the molecule is COC(=O)N[C@H](C(=O)N1C[C@@H](C)C[C@H]1C1=Nc2ccc(-c3ccc(-c4ccc5nc([C@@H]6C[C@H](C)CN6C(=O)[C@@H](NC(=O)OC)C(C)C)[nH]c5c4)cc3)cc2C1C)C(C)C. The molecule has 0 radical (unpaired) electrons. The lowest BCUT2D eigenvalue weighted by Crippen LogP contribution is -2.54. The number of likely N-dealkylation sites (tertiary alicyclic amines) is 2. The topological polar surface area (TPSA) is 158 Å². The first-order valence-electron chi connectivity index (χ1n) is 20.8. The van der Waals surface area contributed by atoms with Crippen LogP contribution in [0, 0.1) is 23.7 Å². The predicted molar refractivity (Wildman–Crippen MR) is 228 cm³/mol. The van der Waals surface area contributed by atoms with Crippen molar-refractivity contribution in [3.8, 4) is 22.3 Å². The van der Waals surface area contributed by atoms with Gasteiger partial charge in [0, 0.05) is 24.7 Å². The average Bonchev–Trinajstić information content (AvgIpc) is 4.01. The van der Waals surface area contributed by atoms with Gasteiger partial charge in [0.15, 0.2) is 0 Å². The van der Waals surface area contributed by atoms with E-state index in [2.05, 4.69) is 91.0 Å². The molecule has 13 nitrogen and oxygen atoms in total. The van der Waals surface area contributed by atoms with Gasteiger partial charge >= 0.3 is 12.2 Å². The second-order valence-electron chi connectivity index (χ2n) is 17.4. The minimum absolute atomic E-state index is 0.0257. The Kier molecular flexibility index (Phi) is 11.8. The number of rotatable bonds is 10. The molecule has 7 atom stereocenters. The quantitative estimate of drug-likeness (QED) is 0.147. The zero-order valence-corrected chi connectivity index (χ0v) is 35.5. The van der Waals surface area contributed by atoms with Crippen molar-refractivity contribution < 1.29 is 28.7 Å². The number of carbonyl (C=O) groups excluding carboxylic acids is 4. The number of nitrogens with one attached hydrogen (secondary N) is 3. The van der Waals surface area contributed by atoms with E-state index in [-0.39, 0.29) is 47.6 Å². The number of ether oxygens (including phenoxy) is 2. The van der Waals surface area contributed by atoms with Gasteiger partial charge in [-0.3, -0.25) is 14.6 Å². The molecule has 3 aliphatic heterocycles. The van der Waals surface area contributed by atoms with Crippen LogP contribution in [-0.2, 0) is 19.1 Å². The summed E-state index contributed by atoms with van der Waals surface area (Å²) in [6.45, 7) is 15.3. The molecule has 1 aromatic heterocycles. The number of carbonyl (C=O) groups is 4. The number of nitrogens with zero attached hydrogens (tertiary/aromatic N) is 4. The van der Waals surface area contributed by atoms with Crippen molar-refractivity contribution in [2.75, 3.05) is 27.3 Å². The van der Waals surface area contributed by atoms with Crippen molar-refractivity contribution in [1.82, 2.24) is 30.4 Å². The lowest BCUT2D eigenvalue weighted by atomic mass is 9.89. The largest absolute Gasteiger partial charge is 0.453 e. The zero-order chi connectivity index (χ0) is 42.3. The van der Waals surface area contributed by atoms with E-state index in [9.17, 15) is 19.2 Å². The Morgan fingerprint density at radius 1 is 0.695 bits per heavy atom. The van der Waals surface area contributed by atoms with E-state index < -0.39 is 24.3 Å². The number of hydrogen-bond acceptors (Lipinski definition) is 8. The molecule has 312 valence electrons. The number of fused-ring (bicyclic) bond motifs is 2. The minimum atomic E-state index is -0.703. The van der Waals surface area contributed by atoms with Gasteiger partial charge in [0.05, 0.1) is 43.0 Å². The summed E-state index contributed by atoms with van der Waals surface area (Å²) in [7, 11) is 2.60. The molecule has 4 amide bonds. The van der Waals surface area contributed by atoms with Crippen molar-refractivity contribution in [3.63, 3.8) is 0 Å². The molecule has 59 heavy (non-hydrogen) atoms. The monoisotopic (exact) mass is 803 g/mol. The summed E-state index contributed by atoms with van der Waals surface area (Å²) < 4.78 is 9.62. The Morgan fingerprint density at radius 3 is 1.73 bits per heavy atom. The maximum Gasteiger partial charge on any atom is 0.407 e. The number of H-pyrrole nitrogens is 1. The van der Waals surface area contributed by atoms with Crippen molar-refractivity contribution in [2.45, 2.75) is 91.4 Å². The summed E-state index contributed by atoms with van der Waals surface area (Å²) in [5.41, 5.74) is 9.05. The number of benzene rings is 3. The molecule has 13 heteroatoms. The van der Waals surface area contributed by atoms with Crippen molar-refractivity contribution in [3.05, 3.63) is 72.1 Å². The number of aliphatic imine (C=N–C) groups is 1. The third-order valence-corrected chi connectivity index (χ3v) is 12.3. The van der Waals surface area contributed by atoms with E-state index in [1.165, 1.54) is 14.2 Å². The second-order valence-corrected chi connectivity index (χ2v) is 17.4. The van der Waals surface area contributed by atoms with Crippen LogP contribution in [-0.4, -0.2) is 94.9 Å². The van der Waals surface area contributed by atoms with Crippen LogP contribution in [0.3, 0.4) is 0 Å². The summed E-state index contributed by atoms with van der Waals surface area (Å²) in [6.07, 6.45) is 0.350. The third-order valence-electron chi connectivity index (χ3n) is 12.3. The van der Waals surface area contributed by atoms with Crippen LogP contribution in [0.4, 0.5) is 15.3 Å². The molecule has 0 spiro atoms. The predicted octanol–water partition coefficient (Wildman–Crippen LogP) is 7.99. The van der Waals surface area contributed by atoms with Gasteiger partial charge in [-0.1, -0.05) is 84.9 Å². The standard InChI is InChI=1S/C46H57N7O6/c1-24(2)39(50-45(56)58-8)43(54)52-22-26(5)18-37(52)41-28(7)33-20-31(14-16-34(33)47-41)29-10-12-30(13-11-29)32-15-17-35-36(21-32)49-42(48-35)38-19-27(6)23-53(38)44(55)40(25(3)4)51-46(57)59-9/h10-17,20-21,24-28,37-40H,18-19,22-23H2,1-9H3,(H,48,49)(H,50,56)(H,51,57)/t26-,27-,28?,37-,38-,39-,40-/m0/s1. The van der Waals surface area contributed by atoms with Gasteiger partial charge in [0.25, 0.3) is 0 Å². The molecule has 2 fully saturated rings. The molecule has 3 aromatic carbocycles. The highest BCUT2D eigenvalue weighted by Gasteiger charge is 2.44. The van der Waals surface area contributed by atoms with Crippen molar-refractivity contribution >= 4 is 46.4 Å². The van der Waals surface area contributed by atoms with E-state index in [1.54, 1.807) is 0 Å². The van der Waals surface area contributed by atoms with E-state index >= 15 is 0 Å². The molecule has 0 aliphatic carbocycles. The van der Waals surface area contributed by atoms with E-state index in [1.807, 2.05) is 43.6 Å². The van der Waals surface area contributed by atoms with Gasteiger partial charge < -0.3 is 34.9 Å². The van der Waals surface area contributed by atoms with Gasteiger partial charge in [-0.05, 0) is 88.6 Å². The van der Waals surface area contributed by atoms with Crippen LogP contribution < -0.4 is 10.6 Å². The van der Waals surface area contributed by atoms with Crippen LogP contribution in [0.25, 0.3) is 33.3 Å². The molecule has 0 bridgehead atoms. The average molecular weight is 804 g/mol. The molecule has 0 saturated carbocycles. The van der Waals surface area contributed by atoms with Crippen LogP contribution in [0.5, 0.6) is 0 Å². The molecule has 3 aliphatic rings. The van der Waals surface area contributed by atoms with Gasteiger partial charge in [0.1, 0.15) is 17.9 Å². The lowest BCUT2D eigenvalue weighted by molar-refractivity contribution is -0.136. The molecule has 3 N–H and O–H groups in total. The Balaban J connectivity index is 1.07. The fraction of sp³-hybridized carbons (Fsp3) is 0.478. The molecular weight excluding hydrogens is 747 g/mol. The van der Waals surface area contributed by atoms with E-state index in [0.717, 1.165) is 68.9 Å². The number of imidazole rings is 1. The molecule has 1 unspecified atom stereocenters. The second kappa shape index (κ2) is 16.9. The number of aromatic amines is 1. The fourth-order valence-electron chi connectivity index (χ4n) is 9.04. The summed E-state index contributed by atoms with van der Waals surface area (Å²) in [4.78, 5) is 69.2. The Bertz CT molecular complexity index is 2260. The van der Waals surface area contributed by atoms with Gasteiger partial charge in [-0.25, -0.2) is 14.6 Å². The lowest BCUT2D eigenvalue weighted by Gasteiger charge is -2.32. The molecule has 7 rings (SSSR count). The highest BCUT2D eigenvalue weighted by atomic mass is 16.5. The highest BCUT2D eigenvalue weighted by molar-refractivity contribution is 6.04. The summed E-state index contributed by atoms with van der Waals surface area (Å²) >= 11 is 0. The normalized spacial score (nSPS) is 22.4. The number of aromatic nitrogens is 2.